The molecule has 0 amide bonds. The van der Waals surface area contributed by atoms with Crippen LogP contribution < -0.4 is 0 Å². The topological polar surface area (TPSA) is 28.7 Å². The van der Waals surface area contributed by atoms with Gasteiger partial charge >= 0.3 is 0 Å². The normalized spacial score (nSPS) is 11.2. The molecule has 0 unspecified atom stereocenters. The Hall–Kier alpha value is -0.880. The van der Waals surface area contributed by atoms with Crippen molar-refractivity contribution >= 4 is 45.7 Å². The summed E-state index contributed by atoms with van der Waals surface area (Å²) in [6, 6.07) is 5.58. The van der Waals surface area contributed by atoms with Crippen LogP contribution in [0.25, 0.3) is 10.9 Å². The fourth-order valence-corrected chi connectivity index (χ4v) is 2.59. The van der Waals surface area contributed by atoms with Gasteiger partial charge in [-0.15, -0.1) is 0 Å². The largest absolute Gasteiger partial charge is 0.330 e. The highest BCUT2D eigenvalue weighted by Gasteiger charge is 2.17. The molecule has 0 atom stereocenters. The zero-order valence-corrected chi connectivity index (χ0v) is 12.2. The lowest BCUT2D eigenvalue weighted by Gasteiger charge is -2.10. The standard InChI is InChI=1S/C13H11Cl3N2/c1-7(2)6-18-12-4-11(15)10(14)3-8(12)9(5-17)13(18)16/h3-4,7H,6H2,1-2H3. The van der Waals surface area contributed by atoms with Gasteiger partial charge in [0.15, 0.2) is 0 Å². The van der Waals surface area contributed by atoms with E-state index in [2.05, 4.69) is 19.9 Å². The Morgan fingerprint density at radius 1 is 1.22 bits per heavy atom. The average molecular weight is 302 g/mol. The molecule has 2 aromatic rings. The van der Waals surface area contributed by atoms with Crippen molar-refractivity contribution in [3.63, 3.8) is 0 Å². The summed E-state index contributed by atoms with van der Waals surface area (Å²) < 4.78 is 1.91. The maximum absolute atomic E-state index is 9.20. The second-order valence-electron chi connectivity index (χ2n) is 4.57. The Kier molecular flexibility index (Phi) is 3.77. The van der Waals surface area contributed by atoms with Crippen LogP contribution in [0.5, 0.6) is 0 Å². The molecule has 1 aromatic carbocycles. The highest BCUT2D eigenvalue weighted by molar-refractivity contribution is 6.43. The lowest BCUT2D eigenvalue weighted by atomic mass is 10.2. The summed E-state index contributed by atoms with van der Waals surface area (Å²) in [5.41, 5.74) is 1.30. The molecule has 1 aromatic heterocycles. The Labute approximate surface area is 121 Å². The second-order valence-corrected chi connectivity index (χ2v) is 5.74. The number of hydrogen-bond acceptors (Lipinski definition) is 1. The zero-order valence-electron chi connectivity index (χ0n) is 9.97. The van der Waals surface area contributed by atoms with Gasteiger partial charge in [0.25, 0.3) is 0 Å². The molecule has 18 heavy (non-hydrogen) atoms. The third kappa shape index (κ3) is 2.19. The fourth-order valence-electron chi connectivity index (χ4n) is 1.96. The van der Waals surface area contributed by atoms with Crippen LogP contribution in [0.3, 0.4) is 0 Å². The van der Waals surface area contributed by atoms with Gasteiger partial charge in [-0.05, 0) is 18.1 Å². The SMILES string of the molecule is CC(C)Cn1c(Cl)c(C#N)c2cc(Cl)c(Cl)cc21. The lowest BCUT2D eigenvalue weighted by molar-refractivity contribution is 0.535. The summed E-state index contributed by atoms with van der Waals surface area (Å²) in [6.45, 7) is 4.91. The molecule has 1 heterocycles. The first kappa shape index (κ1) is 13.5. The van der Waals surface area contributed by atoms with Crippen molar-refractivity contribution in [2.45, 2.75) is 20.4 Å². The van der Waals surface area contributed by atoms with Crippen LogP contribution in [0.1, 0.15) is 19.4 Å². The first-order valence-electron chi connectivity index (χ1n) is 5.52. The van der Waals surface area contributed by atoms with E-state index in [4.69, 9.17) is 34.8 Å². The molecular formula is C13H11Cl3N2. The van der Waals surface area contributed by atoms with E-state index in [1.54, 1.807) is 12.1 Å². The third-order valence-electron chi connectivity index (χ3n) is 2.70. The predicted molar refractivity (Wildman–Crippen MR) is 76.5 cm³/mol. The highest BCUT2D eigenvalue weighted by atomic mass is 35.5. The van der Waals surface area contributed by atoms with E-state index < -0.39 is 0 Å². The zero-order chi connectivity index (χ0) is 13.4. The first-order valence-corrected chi connectivity index (χ1v) is 6.66. The van der Waals surface area contributed by atoms with Crippen LogP contribution in [-0.2, 0) is 6.54 Å². The number of rotatable bonds is 2. The molecule has 5 heteroatoms. The van der Waals surface area contributed by atoms with Crippen LogP contribution in [0.2, 0.25) is 15.2 Å². The minimum Gasteiger partial charge on any atom is -0.330 e. The Bertz CT molecular complexity index is 651. The van der Waals surface area contributed by atoms with Crippen LogP contribution in [0.15, 0.2) is 12.1 Å². The maximum Gasteiger partial charge on any atom is 0.128 e. The molecule has 0 spiro atoms. The highest BCUT2D eigenvalue weighted by Crippen LogP contribution is 2.35. The van der Waals surface area contributed by atoms with Crippen molar-refractivity contribution in [2.24, 2.45) is 5.92 Å². The van der Waals surface area contributed by atoms with Gasteiger partial charge in [-0.3, -0.25) is 0 Å². The minimum atomic E-state index is 0.416. The van der Waals surface area contributed by atoms with E-state index in [0.29, 0.717) is 26.7 Å². The molecule has 0 aliphatic heterocycles. The molecule has 2 nitrogen and oxygen atoms in total. The summed E-state index contributed by atoms with van der Waals surface area (Å²) in [5.74, 6) is 0.416. The van der Waals surface area contributed by atoms with Crippen molar-refractivity contribution in [3.8, 4) is 6.07 Å². The van der Waals surface area contributed by atoms with Crippen LogP contribution in [0, 0.1) is 17.2 Å². The van der Waals surface area contributed by atoms with Gasteiger partial charge in [-0.2, -0.15) is 5.26 Å². The monoisotopic (exact) mass is 300 g/mol. The smallest absolute Gasteiger partial charge is 0.128 e. The molecule has 0 N–H and O–H groups in total. The van der Waals surface area contributed by atoms with Crippen LogP contribution in [-0.4, -0.2) is 4.57 Å². The van der Waals surface area contributed by atoms with Gasteiger partial charge in [0.2, 0.25) is 0 Å². The van der Waals surface area contributed by atoms with Gasteiger partial charge in [-0.1, -0.05) is 48.7 Å². The molecular weight excluding hydrogens is 291 g/mol. The molecule has 2 rings (SSSR count). The maximum atomic E-state index is 9.20. The van der Waals surface area contributed by atoms with E-state index in [0.717, 1.165) is 17.4 Å². The molecule has 0 fully saturated rings. The van der Waals surface area contributed by atoms with E-state index in [-0.39, 0.29) is 0 Å². The number of nitriles is 1. The lowest BCUT2D eigenvalue weighted by Crippen LogP contribution is -2.04. The van der Waals surface area contributed by atoms with E-state index in [9.17, 15) is 5.26 Å². The molecule has 0 bridgehead atoms. The van der Waals surface area contributed by atoms with Gasteiger partial charge in [0, 0.05) is 11.9 Å². The predicted octanol–water partition coefficient (Wildman–Crippen LogP) is 5.13. The summed E-state index contributed by atoms with van der Waals surface area (Å²) in [4.78, 5) is 0. The molecule has 0 radical (unpaired) electrons. The number of benzene rings is 1. The Morgan fingerprint density at radius 2 is 1.83 bits per heavy atom. The van der Waals surface area contributed by atoms with Crippen molar-refractivity contribution in [1.82, 2.24) is 4.57 Å². The van der Waals surface area contributed by atoms with E-state index in [1.165, 1.54) is 0 Å². The molecule has 0 aliphatic carbocycles. The number of fused-ring (bicyclic) bond motifs is 1. The Balaban J connectivity index is 2.82. The summed E-state index contributed by atoms with van der Waals surface area (Å²) in [7, 11) is 0. The average Bonchev–Trinajstić information content (AvgIpc) is 2.53. The van der Waals surface area contributed by atoms with Crippen molar-refractivity contribution in [2.75, 3.05) is 0 Å². The molecule has 0 aliphatic rings. The molecule has 0 saturated heterocycles. The number of hydrogen-bond donors (Lipinski definition) is 0. The minimum absolute atomic E-state index is 0.416. The van der Waals surface area contributed by atoms with Gasteiger partial charge < -0.3 is 4.57 Å². The summed E-state index contributed by atoms with van der Waals surface area (Å²) in [6.07, 6.45) is 0. The summed E-state index contributed by atoms with van der Waals surface area (Å²) >= 11 is 18.3. The van der Waals surface area contributed by atoms with Gasteiger partial charge in [0.05, 0.1) is 21.1 Å². The van der Waals surface area contributed by atoms with E-state index >= 15 is 0 Å². The van der Waals surface area contributed by atoms with Gasteiger partial charge in [0.1, 0.15) is 11.2 Å². The third-order valence-corrected chi connectivity index (χ3v) is 3.82. The van der Waals surface area contributed by atoms with E-state index in [1.807, 2.05) is 4.57 Å². The first-order chi connectivity index (χ1) is 8.45. The second kappa shape index (κ2) is 5.01. The quantitative estimate of drug-likeness (QED) is 0.756. The van der Waals surface area contributed by atoms with Crippen molar-refractivity contribution in [1.29, 1.82) is 5.26 Å². The summed E-state index contributed by atoms with van der Waals surface area (Å²) in [5, 5.41) is 11.3. The van der Waals surface area contributed by atoms with Crippen LogP contribution >= 0.6 is 34.8 Å². The number of aromatic nitrogens is 1. The van der Waals surface area contributed by atoms with Crippen molar-refractivity contribution < 1.29 is 0 Å². The Morgan fingerprint density at radius 3 is 2.39 bits per heavy atom. The number of nitrogens with zero attached hydrogens (tertiary/aromatic N) is 2. The fraction of sp³-hybridized carbons (Fsp3) is 0.308. The number of halogens is 3. The van der Waals surface area contributed by atoms with Crippen molar-refractivity contribution in [3.05, 3.63) is 32.9 Å². The van der Waals surface area contributed by atoms with Gasteiger partial charge in [-0.25, -0.2) is 0 Å². The molecule has 0 saturated carbocycles. The van der Waals surface area contributed by atoms with Crippen LogP contribution in [0.4, 0.5) is 0 Å². The molecule has 94 valence electrons.